The van der Waals surface area contributed by atoms with Crippen LogP contribution in [0.25, 0.3) is 0 Å². The van der Waals surface area contributed by atoms with E-state index in [0.717, 1.165) is 24.1 Å². The van der Waals surface area contributed by atoms with Gasteiger partial charge in [-0.1, -0.05) is 23.4 Å². The number of hydrogen-bond acceptors (Lipinski definition) is 5. The van der Waals surface area contributed by atoms with Crippen molar-refractivity contribution in [3.05, 3.63) is 11.2 Å². The van der Waals surface area contributed by atoms with E-state index in [-0.39, 0.29) is 0 Å². The maximum atomic E-state index is 6.01. The number of anilines is 1. The molecule has 1 N–H and O–H groups in total. The van der Waals surface area contributed by atoms with Crippen LogP contribution in [0.15, 0.2) is 11.2 Å². The Bertz CT molecular complexity index is 388. The van der Waals surface area contributed by atoms with Crippen LogP contribution >= 0.6 is 23.4 Å². The van der Waals surface area contributed by atoms with Crippen LogP contribution in [0.5, 0.6) is 0 Å². The molecule has 4 nitrogen and oxygen atoms in total. The normalized spacial score (nSPS) is 20.6. The third-order valence-corrected chi connectivity index (χ3v) is 3.74. The van der Waals surface area contributed by atoms with Crippen LogP contribution in [0, 0.1) is 0 Å². The summed E-state index contributed by atoms with van der Waals surface area (Å²) < 4.78 is 0. The second kappa shape index (κ2) is 5.89. The Balaban J connectivity index is 2.18. The summed E-state index contributed by atoms with van der Waals surface area (Å²) in [5.41, 5.74) is 0. The Morgan fingerprint density at radius 3 is 3.06 bits per heavy atom. The van der Waals surface area contributed by atoms with Crippen molar-refractivity contribution in [1.82, 2.24) is 15.3 Å². The predicted molar refractivity (Wildman–Crippen MR) is 73.1 cm³/mol. The quantitative estimate of drug-likeness (QED) is 0.518. The summed E-state index contributed by atoms with van der Waals surface area (Å²) in [5, 5.41) is 4.58. The fraction of sp³-hybridized carbons (Fsp3) is 0.636. The Kier molecular flexibility index (Phi) is 4.48. The fourth-order valence-corrected chi connectivity index (χ4v) is 2.66. The van der Waals surface area contributed by atoms with E-state index in [1.807, 2.05) is 19.4 Å². The van der Waals surface area contributed by atoms with Gasteiger partial charge in [0.05, 0.1) is 0 Å². The highest BCUT2D eigenvalue weighted by Gasteiger charge is 2.20. The first-order chi connectivity index (χ1) is 8.22. The molecule has 0 spiro atoms. The van der Waals surface area contributed by atoms with E-state index in [0.29, 0.717) is 11.2 Å². The molecule has 1 fully saturated rings. The van der Waals surface area contributed by atoms with E-state index >= 15 is 0 Å². The molecule has 0 amide bonds. The van der Waals surface area contributed by atoms with Crippen molar-refractivity contribution >= 4 is 29.2 Å². The molecule has 0 aliphatic carbocycles. The van der Waals surface area contributed by atoms with Crippen LogP contribution in [0.2, 0.25) is 5.15 Å². The van der Waals surface area contributed by atoms with Gasteiger partial charge >= 0.3 is 0 Å². The van der Waals surface area contributed by atoms with Crippen LogP contribution in [0.3, 0.4) is 0 Å². The number of thioether (sulfide) groups is 1. The number of hydrogen-bond donors (Lipinski definition) is 1. The molecule has 0 aromatic carbocycles. The summed E-state index contributed by atoms with van der Waals surface area (Å²) in [6, 6.07) is 2.38. The van der Waals surface area contributed by atoms with Crippen LogP contribution < -0.4 is 10.2 Å². The zero-order valence-electron chi connectivity index (χ0n) is 10.1. The van der Waals surface area contributed by atoms with Gasteiger partial charge in [0, 0.05) is 25.2 Å². The maximum Gasteiger partial charge on any atom is 0.190 e. The van der Waals surface area contributed by atoms with E-state index in [9.17, 15) is 0 Å². The zero-order chi connectivity index (χ0) is 12.3. The topological polar surface area (TPSA) is 41.0 Å². The first-order valence-corrected chi connectivity index (χ1v) is 7.34. The van der Waals surface area contributed by atoms with Crippen molar-refractivity contribution in [2.24, 2.45) is 0 Å². The van der Waals surface area contributed by atoms with Gasteiger partial charge in [0.15, 0.2) is 5.16 Å². The smallest absolute Gasteiger partial charge is 0.190 e. The summed E-state index contributed by atoms with van der Waals surface area (Å²) >= 11 is 7.53. The molecule has 2 heterocycles. The molecule has 0 saturated carbocycles. The minimum absolute atomic E-state index is 0.519. The minimum atomic E-state index is 0.519. The first kappa shape index (κ1) is 12.9. The molecule has 1 aliphatic heterocycles. The van der Waals surface area contributed by atoms with Gasteiger partial charge in [-0.3, -0.25) is 0 Å². The SMILES string of the molecule is CN[C@@H]1CCCN(c2cc(Cl)nc(SC)n2)C1. The number of nitrogens with one attached hydrogen (secondary N) is 1. The number of halogens is 1. The summed E-state index contributed by atoms with van der Waals surface area (Å²) in [5.74, 6) is 0.939. The van der Waals surface area contributed by atoms with E-state index in [1.165, 1.54) is 24.6 Å². The molecule has 2 rings (SSSR count). The van der Waals surface area contributed by atoms with Gasteiger partial charge in [-0.05, 0) is 26.1 Å². The molecule has 94 valence electrons. The molecular formula is C11H17ClN4S. The Labute approximate surface area is 111 Å². The van der Waals surface area contributed by atoms with Crippen molar-refractivity contribution < 1.29 is 0 Å². The molecule has 0 bridgehead atoms. The van der Waals surface area contributed by atoms with Crippen molar-refractivity contribution in [1.29, 1.82) is 0 Å². The van der Waals surface area contributed by atoms with Gasteiger partial charge in [-0.15, -0.1) is 0 Å². The average Bonchev–Trinajstić information content (AvgIpc) is 2.38. The lowest BCUT2D eigenvalue weighted by Crippen LogP contribution is -2.44. The lowest BCUT2D eigenvalue weighted by atomic mass is 10.1. The highest BCUT2D eigenvalue weighted by Crippen LogP contribution is 2.23. The molecule has 1 aliphatic rings. The molecule has 0 radical (unpaired) electrons. The molecule has 1 saturated heterocycles. The van der Waals surface area contributed by atoms with Crippen molar-refractivity contribution in [3.63, 3.8) is 0 Å². The lowest BCUT2D eigenvalue weighted by Gasteiger charge is -2.33. The molecule has 6 heteroatoms. The number of nitrogens with zero attached hydrogens (tertiary/aromatic N) is 3. The average molecular weight is 273 g/mol. The zero-order valence-corrected chi connectivity index (χ0v) is 11.7. The van der Waals surface area contributed by atoms with Crippen molar-refractivity contribution in [2.75, 3.05) is 31.3 Å². The van der Waals surface area contributed by atoms with Gasteiger partial charge in [0.25, 0.3) is 0 Å². The van der Waals surface area contributed by atoms with Gasteiger partial charge in [-0.25, -0.2) is 9.97 Å². The van der Waals surface area contributed by atoms with Gasteiger partial charge < -0.3 is 10.2 Å². The van der Waals surface area contributed by atoms with E-state index in [1.54, 1.807) is 0 Å². The van der Waals surface area contributed by atoms with Crippen molar-refractivity contribution in [2.45, 2.75) is 24.0 Å². The molecule has 1 aromatic heterocycles. The third kappa shape index (κ3) is 3.24. The number of likely N-dealkylation sites (N-methyl/N-ethyl adjacent to an activating group) is 1. The predicted octanol–water partition coefficient (Wildman–Crippen LogP) is 2.04. The molecule has 1 aromatic rings. The van der Waals surface area contributed by atoms with Crippen LogP contribution in [-0.4, -0.2) is 42.4 Å². The Hall–Kier alpha value is -0.520. The van der Waals surface area contributed by atoms with E-state index in [2.05, 4.69) is 20.2 Å². The second-order valence-electron chi connectivity index (χ2n) is 4.11. The highest BCUT2D eigenvalue weighted by atomic mass is 35.5. The summed E-state index contributed by atoms with van der Waals surface area (Å²) in [4.78, 5) is 10.9. The maximum absolute atomic E-state index is 6.01. The summed E-state index contributed by atoms with van der Waals surface area (Å²) in [6.07, 6.45) is 4.37. The minimum Gasteiger partial charge on any atom is -0.355 e. The Morgan fingerprint density at radius 2 is 2.35 bits per heavy atom. The van der Waals surface area contributed by atoms with E-state index < -0.39 is 0 Å². The monoisotopic (exact) mass is 272 g/mol. The number of rotatable bonds is 3. The van der Waals surface area contributed by atoms with Crippen LogP contribution in [-0.2, 0) is 0 Å². The van der Waals surface area contributed by atoms with Gasteiger partial charge in [0.1, 0.15) is 11.0 Å². The van der Waals surface area contributed by atoms with Gasteiger partial charge in [-0.2, -0.15) is 0 Å². The van der Waals surface area contributed by atoms with Crippen LogP contribution in [0.1, 0.15) is 12.8 Å². The summed E-state index contributed by atoms with van der Waals surface area (Å²) in [7, 11) is 2.01. The van der Waals surface area contributed by atoms with Gasteiger partial charge in [0.2, 0.25) is 0 Å². The second-order valence-corrected chi connectivity index (χ2v) is 5.27. The largest absolute Gasteiger partial charge is 0.355 e. The lowest BCUT2D eigenvalue weighted by molar-refractivity contribution is 0.447. The van der Waals surface area contributed by atoms with Crippen molar-refractivity contribution in [3.8, 4) is 0 Å². The fourth-order valence-electron chi connectivity index (χ4n) is 2.06. The first-order valence-electron chi connectivity index (χ1n) is 5.73. The number of piperidine rings is 1. The molecular weight excluding hydrogens is 256 g/mol. The molecule has 1 atom stereocenters. The number of aromatic nitrogens is 2. The molecule has 17 heavy (non-hydrogen) atoms. The Morgan fingerprint density at radius 1 is 1.53 bits per heavy atom. The van der Waals surface area contributed by atoms with Crippen LogP contribution in [0.4, 0.5) is 5.82 Å². The highest BCUT2D eigenvalue weighted by molar-refractivity contribution is 7.98. The van der Waals surface area contributed by atoms with E-state index in [4.69, 9.17) is 11.6 Å². The summed E-state index contributed by atoms with van der Waals surface area (Å²) in [6.45, 7) is 2.02. The third-order valence-electron chi connectivity index (χ3n) is 3.00. The standard InChI is InChI=1S/C11H17ClN4S/c1-13-8-4-3-5-16(7-8)10-6-9(12)14-11(15-10)17-2/h6,8,13H,3-5,7H2,1-2H3/t8-/m1/s1. The molecule has 0 unspecified atom stereocenters.